The first-order valence-electron chi connectivity index (χ1n) is 6.43. The normalized spacial score (nSPS) is 11.7. The highest BCUT2D eigenvalue weighted by atomic mass is 14.9. The quantitative estimate of drug-likeness (QED) is 0.688. The summed E-state index contributed by atoms with van der Waals surface area (Å²) in [6, 6.07) is 10.7. The number of benzene rings is 1. The van der Waals surface area contributed by atoms with Crippen LogP contribution in [0.5, 0.6) is 0 Å². The van der Waals surface area contributed by atoms with Gasteiger partial charge in [0.2, 0.25) is 0 Å². The third-order valence-electron chi connectivity index (χ3n) is 3.02. The topological polar surface area (TPSA) is 12.0 Å². The SMILES string of the molecule is CCCCNC(C)(C)CCc1ccccc1. The van der Waals surface area contributed by atoms with Crippen LogP contribution < -0.4 is 5.32 Å². The van der Waals surface area contributed by atoms with E-state index in [0.29, 0.717) is 0 Å². The number of hydrogen-bond acceptors (Lipinski definition) is 1. The molecule has 0 aliphatic heterocycles. The maximum atomic E-state index is 3.63. The molecule has 0 heterocycles. The number of hydrogen-bond donors (Lipinski definition) is 1. The summed E-state index contributed by atoms with van der Waals surface area (Å²) < 4.78 is 0. The lowest BCUT2D eigenvalue weighted by molar-refractivity contribution is 0.360. The smallest absolute Gasteiger partial charge is 0.0128 e. The van der Waals surface area contributed by atoms with Crippen LogP contribution in [0.25, 0.3) is 0 Å². The molecule has 1 rings (SSSR count). The van der Waals surface area contributed by atoms with Crippen molar-refractivity contribution in [3.05, 3.63) is 35.9 Å². The van der Waals surface area contributed by atoms with E-state index >= 15 is 0 Å². The fraction of sp³-hybridized carbons (Fsp3) is 0.600. The molecule has 0 amide bonds. The van der Waals surface area contributed by atoms with E-state index in [1.165, 1.54) is 24.8 Å². The highest BCUT2D eigenvalue weighted by Gasteiger charge is 2.15. The van der Waals surface area contributed by atoms with Crippen LogP contribution in [0, 0.1) is 0 Å². The van der Waals surface area contributed by atoms with Crippen molar-refractivity contribution < 1.29 is 0 Å². The Bertz CT molecular complexity index is 277. The molecule has 90 valence electrons. The molecule has 16 heavy (non-hydrogen) atoms. The zero-order valence-electron chi connectivity index (χ0n) is 10.9. The van der Waals surface area contributed by atoms with Gasteiger partial charge in [0.1, 0.15) is 0 Å². The maximum Gasteiger partial charge on any atom is 0.0128 e. The first kappa shape index (κ1) is 13.2. The van der Waals surface area contributed by atoms with Crippen LogP contribution in [0.1, 0.15) is 45.6 Å². The van der Waals surface area contributed by atoms with Crippen LogP contribution in [0.3, 0.4) is 0 Å². The standard InChI is InChI=1S/C15H25N/c1-4-5-13-16-15(2,3)12-11-14-9-7-6-8-10-14/h6-10,16H,4-5,11-13H2,1-3H3. The summed E-state index contributed by atoms with van der Waals surface area (Å²) in [5.41, 5.74) is 1.69. The zero-order valence-corrected chi connectivity index (χ0v) is 10.9. The van der Waals surface area contributed by atoms with Gasteiger partial charge in [0.15, 0.2) is 0 Å². The molecule has 0 saturated heterocycles. The van der Waals surface area contributed by atoms with Gasteiger partial charge < -0.3 is 5.32 Å². The fourth-order valence-electron chi connectivity index (χ4n) is 1.79. The van der Waals surface area contributed by atoms with Crippen LogP contribution in [0.2, 0.25) is 0 Å². The number of nitrogens with one attached hydrogen (secondary N) is 1. The van der Waals surface area contributed by atoms with Crippen LogP contribution in [0.4, 0.5) is 0 Å². The van der Waals surface area contributed by atoms with E-state index in [1.807, 2.05) is 0 Å². The van der Waals surface area contributed by atoms with Crippen molar-refractivity contribution in [3.8, 4) is 0 Å². The summed E-state index contributed by atoms with van der Waals surface area (Å²) >= 11 is 0. The first-order valence-corrected chi connectivity index (χ1v) is 6.43. The molecule has 0 spiro atoms. The second kappa shape index (κ2) is 6.70. The van der Waals surface area contributed by atoms with Gasteiger partial charge in [0.25, 0.3) is 0 Å². The summed E-state index contributed by atoms with van der Waals surface area (Å²) in [5.74, 6) is 0. The molecule has 0 aliphatic rings. The maximum absolute atomic E-state index is 3.63. The summed E-state index contributed by atoms with van der Waals surface area (Å²) in [6.45, 7) is 7.97. The number of unbranched alkanes of at least 4 members (excludes halogenated alkanes) is 1. The molecule has 0 saturated carbocycles. The van der Waals surface area contributed by atoms with Crippen molar-refractivity contribution in [2.24, 2.45) is 0 Å². The van der Waals surface area contributed by atoms with Gasteiger partial charge >= 0.3 is 0 Å². The lowest BCUT2D eigenvalue weighted by Crippen LogP contribution is -2.40. The minimum absolute atomic E-state index is 0.255. The Morgan fingerprint density at radius 1 is 1.12 bits per heavy atom. The predicted octanol–water partition coefficient (Wildman–Crippen LogP) is 3.79. The van der Waals surface area contributed by atoms with Gasteiger partial charge in [-0.15, -0.1) is 0 Å². The van der Waals surface area contributed by atoms with Gasteiger partial charge in [0.05, 0.1) is 0 Å². The van der Waals surface area contributed by atoms with Gasteiger partial charge in [-0.05, 0) is 45.2 Å². The van der Waals surface area contributed by atoms with Gasteiger partial charge in [-0.25, -0.2) is 0 Å². The van der Waals surface area contributed by atoms with E-state index in [1.54, 1.807) is 0 Å². The van der Waals surface area contributed by atoms with Gasteiger partial charge in [-0.1, -0.05) is 43.7 Å². The monoisotopic (exact) mass is 219 g/mol. The molecule has 1 N–H and O–H groups in total. The van der Waals surface area contributed by atoms with E-state index in [9.17, 15) is 0 Å². The fourth-order valence-corrected chi connectivity index (χ4v) is 1.79. The average molecular weight is 219 g/mol. The van der Waals surface area contributed by atoms with Gasteiger partial charge in [-0.3, -0.25) is 0 Å². The van der Waals surface area contributed by atoms with Crippen molar-refractivity contribution in [1.82, 2.24) is 5.32 Å². The lowest BCUT2D eigenvalue weighted by atomic mass is 9.95. The molecule has 1 nitrogen and oxygen atoms in total. The molecule has 0 fully saturated rings. The molecule has 0 radical (unpaired) electrons. The van der Waals surface area contributed by atoms with Crippen molar-refractivity contribution in [2.75, 3.05) is 6.54 Å². The summed E-state index contributed by atoms with van der Waals surface area (Å²) in [4.78, 5) is 0. The second-order valence-corrected chi connectivity index (χ2v) is 5.15. The Kier molecular flexibility index (Phi) is 5.54. The van der Waals surface area contributed by atoms with Crippen LogP contribution in [-0.2, 0) is 6.42 Å². The molecule has 1 aromatic rings. The predicted molar refractivity (Wildman–Crippen MR) is 71.8 cm³/mol. The highest BCUT2D eigenvalue weighted by Crippen LogP contribution is 2.13. The molecule has 0 unspecified atom stereocenters. The zero-order chi connectivity index (χ0) is 11.9. The largest absolute Gasteiger partial charge is 0.312 e. The number of aryl methyl sites for hydroxylation is 1. The van der Waals surface area contributed by atoms with Crippen LogP contribution >= 0.6 is 0 Å². The Balaban J connectivity index is 2.30. The third kappa shape index (κ3) is 5.32. The van der Waals surface area contributed by atoms with Gasteiger partial charge in [-0.2, -0.15) is 0 Å². The molecule has 0 aliphatic carbocycles. The van der Waals surface area contributed by atoms with Gasteiger partial charge in [0, 0.05) is 5.54 Å². The summed E-state index contributed by atoms with van der Waals surface area (Å²) in [5, 5.41) is 3.63. The first-order chi connectivity index (χ1) is 7.64. The van der Waals surface area contributed by atoms with Crippen molar-refractivity contribution >= 4 is 0 Å². The Hall–Kier alpha value is -0.820. The van der Waals surface area contributed by atoms with E-state index in [-0.39, 0.29) is 5.54 Å². The van der Waals surface area contributed by atoms with E-state index in [2.05, 4.69) is 56.4 Å². The molecule has 0 atom stereocenters. The summed E-state index contributed by atoms with van der Waals surface area (Å²) in [7, 11) is 0. The Morgan fingerprint density at radius 2 is 1.81 bits per heavy atom. The molecule has 0 bridgehead atoms. The Morgan fingerprint density at radius 3 is 2.44 bits per heavy atom. The van der Waals surface area contributed by atoms with E-state index in [0.717, 1.165) is 13.0 Å². The minimum atomic E-state index is 0.255. The van der Waals surface area contributed by atoms with Crippen molar-refractivity contribution in [3.63, 3.8) is 0 Å². The average Bonchev–Trinajstić information content (AvgIpc) is 2.28. The Labute approximate surface area is 100 Å². The van der Waals surface area contributed by atoms with Crippen molar-refractivity contribution in [1.29, 1.82) is 0 Å². The minimum Gasteiger partial charge on any atom is -0.312 e. The third-order valence-corrected chi connectivity index (χ3v) is 3.02. The molecule has 0 aromatic heterocycles. The number of rotatable bonds is 7. The van der Waals surface area contributed by atoms with E-state index < -0.39 is 0 Å². The molecular formula is C15H25N. The highest BCUT2D eigenvalue weighted by molar-refractivity contribution is 5.15. The summed E-state index contributed by atoms with van der Waals surface area (Å²) in [6.07, 6.45) is 4.89. The molecular weight excluding hydrogens is 194 g/mol. The van der Waals surface area contributed by atoms with Crippen LogP contribution in [0.15, 0.2) is 30.3 Å². The van der Waals surface area contributed by atoms with Crippen LogP contribution in [-0.4, -0.2) is 12.1 Å². The lowest BCUT2D eigenvalue weighted by Gasteiger charge is -2.26. The van der Waals surface area contributed by atoms with Crippen molar-refractivity contribution in [2.45, 2.75) is 52.0 Å². The second-order valence-electron chi connectivity index (χ2n) is 5.15. The molecule has 1 aromatic carbocycles. The van der Waals surface area contributed by atoms with E-state index in [4.69, 9.17) is 0 Å². The molecule has 1 heteroatoms.